The summed E-state index contributed by atoms with van der Waals surface area (Å²) in [5.41, 5.74) is 2.13. The number of benzene rings is 3. The first-order valence-corrected chi connectivity index (χ1v) is 13.8. The zero-order valence-corrected chi connectivity index (χ0v) is 23.2. The lowest BCUT2D eigenvalue weighted by molar-refractivity contribution is -0.139. The Hall–Kier alpha value is -4.17. The molecule has 0 aliphatic carbocycles. The van der Waals surface area contributed by atoms with E-state index in [1.165, 1.54) is 11.3 Å². The van der Waals surface area contributed by atoms with Crippen LogP contribution >= 0.6 is 11.3 Å². The van der Waals surface area contributed by atoms with Crippen LogP contribution in [0.25, 0.3) is 16.8 Å². The smallest absolute Gasteiger partial charge is 0.338 e. The number of rotatable bonds is 8. The van der Waals surface area contributed by atoms with Gasteiger partial charge in [-0.15, -0.1) is 0 Å². The molecule has 0 bridgehead atoms. The lowest BCUT2D eigenvalue weighted by atomic mass is 9.94. The van der Waals surface area contributed by atoms with Crippen molar-refractivity contribution in [2.24, 2.45) is 4.99 Å². The van der Waals surface area contributed by atoms with Crippen molar-refractivity contribution < 1.29 is 19.0 Å². The van der Waals surface area contributed by atoms with E-state index in [9.17, 15) is 9.59 Å². The minimum atomic E-state index is -0.795. The van der Waals surface area contributed by atoms with Gasteiger partial charge in [-0.25, -0.2) is 9.79 Å². The fourth-order valence-corrected chi connectivity index (χ4v) is 5.91. The Labute approximate surface area is 230 Å². The van der Waals surface area contributed by atoms with Crippen LogP contribution in [0, 0.1) is 0 Å². The molecule has 3 aromatic carbocycles. The summed E-state index contributed by atoms with van der Waals surface area (Å²) in [6.45, 7) is 6.19. The Bertz CT molecular complexity index is 1760. The topological polar surface area (TPSA) is 79.1 Å². The fourth-order valence-electron chi connectivity index (χ4n) is 4.87. The summed E-state index contributed by atoms with van der Waals surface area (Å²) in [5.74, 6) is 0.500. The largest absolute Gasteiger partial charge is 0.493 e. The molecule has 2 heterocycles. The maximum Gasteiger partial charge on any atom is 0.338 e. The van der Waals surface area contributed by atoms with Crippen LogP contribution in [0.1, 0.15) is 44.4 Å². The molecule has 1 aromatic heterocycles. The Morgan fingerprint density at radius 2 is 1.85 bits per heavy atom. The molecule has 1 aliphatic heterocycles. The average Bonchev–Trinajstić information content (AvgIpc) is 3.25. The summed E-state index contributed by atoms with van der Waals surface area (Å²) >= 11 is 1.30. The van der Waals surface area contributed by atoms with Crippen molar-refractivity contribution in [3.63, 3.8) is 0 Å². The molecule has 0 amide bonds. The van der Waals surface area contributed by atoms with Gasteiger partial charge in [-0.05, 0) is 48.7 Å². The summed E-state index contributed by atoms with van der Waals surface area (Å²) in [6.07, 6.45) is 2.68. The van der Waals surface area contributed by atoms with Crippen LogP contribution in [0.3, 0.4) is 0 Å². The van der Waals surface area contributed by atoms with Crippen molar-refractivity contribution in [2.75, 3.05) is 20.3 Å². The molecule has 7 nitrogen and oxygen atoms in total. The second-order valence-corrected chi connectivity index (χ2v) is 10.1. The minimum Gasteiger partial charge on any atom is -0.493 e. The quantitative estimate of drug-likeness (QED) is 0.300. The van der Waals surface area contributed by atoms with Crippen molar-refractivity contribution in [3.8, 4) is 11.5 Å². The number of para-hydroxylation sites is 1. The molecular weight excluding hydrogens is 512 g/mol. The first-order valence-electron chi connectivity index (χ1n) is 13.0. The lowest BCUT2D eigenvalue weighted by Crippen LogP contribution is -2.40. The molecule has 0 fully saturated rings. The third-order valence-corrected chi connectivity index (χ3v) is 7.58. The molecule has 1 atom stereocenters. The SMILES string of the molecule is CCCOc1c(OC)cccc1C1C(C(=O)OCC)=C(C)N=c2sc(=Cc3cccc4ccccc34)c(=O)n21. The van der Waals surface area contributed by atoms with Crippen LogP contribution in [-0.4, -0.2) is 30.9 Å². The Morgan fingerprint density at radius 1 is 1.08 bits per heavy atom. The third-order valence-electron chi connectivity index (χ3n) is 6.60. The Kier molecular flexibility index (Phi) is 7.65. The van der Waals surface area contributed by atoms with Gasteiger partial charge in [-0.3, -0.25) is 9.36 Å². The number of methoxy groups -OCH3 is 1. The summed E-state index contributed by atoms with van der Waals surface area (Å²) < 4.78 is 19.3. The molecule has 0 saturated heterocycles. The summed E-state index contributed by atoms with van der Waals surface area (Å²) in [7, 11) is 1.57. The summed E-state index contributed by atoms with van der Waals surface area (Å²) in [6, 6.07) is 18.8. The van der Waals surface area contributed by atoms with E-state index in [2.05, 4.69) is 0 Å². The number of carbonyl (C=O) groups is 1. The van der Waals surface area contributed by atoms with Gasteiger partial charge in [0, 0.05) is 5.56 Å². The molecule has 1 unspecified atom stereocenters. The monoisotopic (exact) mass is 542 g/mol. The summed E-state index contributed by atoms with van der Waals surface area (Å²) in [4.78, 5) is 32.6. The maximum absolute atomic E-state index is 14.1. The van der Waals surface area contributed by atoms with Gasteiger partial charge in [0.1, 0.15) is 6.04 Å². The standard InChI is InChI=1S/C31H30N2O5S/c1-5-17-38-28-23(15-10-16-24(28)36-4)27-26(30(35)37-6-2)19(3)32-31-33(27)29(34)25(39-31)18-21-13-9-12-20-11-7-8-14-22(20)21/h7-16,18,27H,5-6,17H2,1-4H3. The number of ether oxygens (including phenoxy) is 3. The van der Waals surface area contributed by atoms with Gasteiger partial charge in [0.05, 0.1) is 36.1 Å². The molecule has 0 saturated carbocycles. The molecule has 0 N–H and O–H groups in total. The number of thiazole rings is 1. The zero-order valence-electron chi connectivity index (χ0n) is 22.4. The number of carbonyl (C=O) groups excluding carboxylic acids is 1. The van der Waals surface area contributed by atoms with E-state index in [1.54, 1.807) is 31.6 Å². The number of esters is 1. The second kappa shape index (κ2) is 11.3. The van der Waals surface area contributed by atoms with E-state index in [0.717, 1.165) is 22.8 Å². The Balaban J connectivity index is 1.78. The van der Waals surface area contributed by atoms with Gasteiger partial charge in [0.15, 0.2) is 16.3 Å². The van der Waals surface area contributed by atoms with Crippen LogP contribution in [0.2, 0.25) is 0 Å². The molecular formula is C31H30N2O5S. The van der Waals surface area contributed by atoms with Gasteiger partial charge < -0.3 is 14.2 Å². The number of hydrogen-bond donors (Lipinski definition) is 0. The van der Waals surface area contributed by atoms with E-state index in [4.69, 9.17) is 19.2 Å². The normalized spacial score (nSPS) is 15.2. The highest BCUT2D eigenvalue weighted by molar-refractivity contribution is 7.07. The predicted molar refractivity (Wildman–Crippen MR) is 153 cm³/mol. The number of nitrogens with zero attached hydrogens (tertiary/aromatic N) is 2. The Morgan fingerprint density at radius 3 is 2.62 bits per heavy atom. The fraction of sp³-hybridized carbons (Fsp3) is 0.258. The molecule has 200 valence electrons. The highest BCUT2D eigenvalue weighted by Crippen LogP contribution is 2.40. The van der Waals surface area contributed by atoms with Crippen molar-refractivity contribution in [1.29, 1.82) is 0 Å². The molecule has 1 aliphatic rings. The van der Waals surface area contributed by atoms with E-state index < -0.39 is 12.0 Å². The molecule has 0 spiro atoms. The first kappa shape index (κ1) is 26.4. The first-order chi connectivity index (χ1) is 19.0. The highest BCUT2D eigenvalue weighted by Gasteiger charge is 2.36. The van der Waals surface area contributed by atoms with E-state index in [-0.39, 0.29) is 12.2 Å². The van der Waals surface area contributed by atoms with Crippen molar-refractivity contribution in [3.05, 3.63) is 103 Å². The molecule has 0 radical (unpaired) electrons. The van der Waals surface area contributed by atoms with Crippen molar-refractivity contribution >= 4 is 34.2 Å². The van der Waals surface area contributed by atoms with Gasteiger partial charge in [-0.2, -0.15) is 0 Å². The minimum absolute atomic E-state index is 0.200. The number of allylic oxidation sites excluding steroid dienone is 1. The number of aromatic nitrogens is 1. The van der Waals surface area contributed by atoms with Crippen LogP contribution in [0.4, 0.5) is 0 Å². The van der Waals surface area contributed by atoms with E-state index in [0.29, 0.717) is 44.3 Å². The van der Waals surface area contributed by atoms with E-state index in [1.807, 2.05) is 67.6 Å². The predicted octanol–water partition coefficient (Wildman–Crippen LogP) is 4.75. The van der Waals surface area contributed by atoms with Gasteiger partial charge >= 0.3 is 5.97 Å². The molecule has 5 rings (SSSR count). The second-order valence-electron chi connectivity index (χ2n) is 9.10. The molecule has 8 heteroatoms. The van der Waals surface area contributed by atoms with Gasteiger partial charge in [0.25, 0.3) is 5.56 Å². The third kappa shape index (κ3) is 4.88. The average molecular weight is 543 g/mol. The van der Waals surface area contributed by atoms with Gasteiger partial charge in [-0.1, -0.05) is 72.9 Å². The number of fused-ring (bicyclic) bond motifs is 2. The van der Waals surface area contributed by atoms with E-state index >= 15 is 0 Å². The maximum atomic E-state index is 14.1. The highest BCUT2D eigenvalue weighted by atomic mass is 32.1. The summed E-state index contributed by atoms with van der Waals surface area (Å²) in [5, 5.41) is 2.14. The lowest BCUT2D eigenvalue weighted by Gasteiger charge is -2.27. The van der Waals surface area contributed by atoms with Crippen LogP contribution in [0.15, 0.2) is 81.7 Å². The van der Waals surface area contributed by atoms with Crippen LogP contribution in [-0.2, 0) is 9.53 Å². The molecule has 39 heavy (non-hydrogen) atoms. The number of hydrogen-bond acceptors (Lipinski definition) is 7. The van der Waals surface area contributed by atoms with Crippen LogP contribution in [0.5, 0.6) is 11.5 Å². The van der Waals surface area contributed by atoms with Crippen molar-refractivity contribution in [2.45, 2.75) is 33.2 Å². The zero-order chi connectivity index (χ0) is 27.5. The van der Waals surface area contributed by atoms with Gasteiger partial charge in [0.2, 0.25) is 0 Å². The van der Waals surface area contributed by atoms with Crippen molar-refractivity contribution in [1.82, 2.24) is 4.57 Å². The molecule has 4 aromatic rings. The van der Waals surface area contributed by atoms with Crippen LogP contribution < -0.4 is 24.4 Å².